The molecule has 0 aliphatic carbocycles. The van der Waals surface area contributed by atoms with Crippen molar-refractivity contribution in [2.75, 3.05) is 0 Å². The van der Waals surface area contributed by atoms with Crippen molar-refractivity contribution in [3.05, 3.63) is 35.0 Å². The molecule has 2 heterocycles. The molecule has 0 unspecified atom stereocenters. The molecule has 0 atom stereocenters. The van der Waals surface area contributed by atoms with Crippen molar-refractivity contribution in [2.45, 2.75) is 6.54 Å². The molecule has 0 amide bonds. The summed E-state index contributed by atoms with van der Waals surface area (Å²) >= 11 is 0. The van der Waals surface area contributed by atoms with Crippen molar-refractivity contribution in [1.82, 2.24) is 24.7 Å². The van der Waals surface area contributed by atoms with Crippen LogP contribution in [0.5, 0.6) is 0 Å². The van der Waals surface area contributed by atoms with E-state index in [-0.39, 0.29) is 5.69 Å². The first kappa shape index (κ1) is 6.84. The van der Waals surface area contributed by atoms with E-state index in [0.29, 0.717) is 6.54 Å². The first-order chi connectivity index (χ1) is 5.86. The molecule has 2 rings (SSSR count). The highest BCUT2D eigenvalue weighted by molar-refractivity contribution is 4.94. The monoisotopic (exact) mass is 165 g/mol. The SMILES string of the molecule is O=c1[nH]ncn1Cc1cnc[nH]1. The van der Waals surface area contributed by atoms with Gasteiger partial charge in [-0.1, -0.05) is 0 Å². The molecular formula is C6H7N5O. The van der Waals surface area contributed by atoms with Crippen LogP contribution in [-0.4, -0.2) is 24.7 Å². The number of H-pyrrole nitrogens is 2. The lowest BCUT2D eigenvalue weighted by molar-refractivity contribution is 0.745. The van der Waals surface area contributed by atoms with Gasteiger partial charge in [0.2, 0.25) is 0 Å². The Morgan fingerprint density at radius 1 is 1.58 bits per heavy atom. The van der Waals surface area contributed by atoms with Crippen LogP contribution in [-0.2, 0) is 6.54 Å². The second kappa shape index (κ2) is 2.65. The largest absolute Gasteiger partial charge is 0.347 e. The van der Waals surface area contributed by atoms with Gasteiger partial charge in [0, 0.05) is 6.20 Å². The third-order valence-electron chi connectivity index (χ3n) is 1.51. The molecule has 0 aromatic carbocycles. The maximum Gasteiger partial charge on any atom is 0.343 e. The minimum absolute atomic E-state index is 0.218. The smallest absolute Gasteiger partial charge is 0.343 e. The van der Waals surface area contributed by atoms with Crippen molar-refractivity contribution in [2.24, 2.45) is 0 Å². The lowest BCUT2D eigenvalue weighted by Crippen LogP contribution is -2.16. The molecule has 6 heteroatoms. The zero-order valence-electron chi connectivity index (χ0n) is 6.19. The van der Waals surface area contributed by atoms with Gasteiger partial charge in [-0.2, -0.15) is 5.10 Å². The fraction of sp³-hybridized carbons (Fsp3) is 0.167. The molecule has 2 N–H and O–H groups in total. The average Bonchev–Trinajstić information content (AvgIpc) is 2.65. The normalized spacial score (nSPS) is 10.3. The van der Waals surface area contributed by atoms with E-state index in [4.69, 9.17) is 0 Å². The van der Waals surface area contributed by atoms with Gasteiger partial charge in [-0.05, 0) is 0 Å². The van der Waals surface area contributed by atoms with Crippen molar-refractivity contribution in [3.63, 3.8) is 0 Å². The maximum absolute atomic E-state index is 11.0. The van der Waals surface area contributed by atoms with Gasteiger partial charge < -0.3 is 4.98 Å². The third-order valence-corrected chi connectivity index (χ3v) is 1.51. The number of aromatic amines is 2. The highest BCUT2D eigenvalue weighted by Gasteiger charge is 1.98. The molecule has 0 aliphatic heterocycles. The summed E-state index contributed by atoms with van der Waals surface area (Å²) in [7, 11) is 0. The van der Waals surface area contributed by atoms with Gasteiger partial charge in [0.1, 0.15) is 6.33 Å². The first-order valence-electron chi connectivity index (χ1n) is 3.43. The van der Waals surface area contributed by atoms with Gasteiger partial charge in [0.25, 0.3) is 0 Å². The number of hydrogen-bond donors (Lipinski definition) is 2. The molecule has 2 aromatic rings. The Bertz CT molecular complexity index is 398. The van der Waals surface area contributed by atoms with Crippen molar-refractivity contribution >= 4 is 0 Å². The first-order valence-corrected chi connectivity index (χ1v) is 3.43. The summed E-state index contributed by atoms with van der Waals surface area (Å²) in [4.78, 5) is 17.7. The van der Waals surface area contributed by atoms with Crippen molar-refractivity contribution < 1.29 is 0 Å². The summed E-state index contributed by atoms with van der Waals surface area (Å²) in [6.07, 6.45) is 4.68. The molecule has 2 aromatic heterocycles. The number of hydrogen-bond acceptors (Lipinski definition) is 3. The van der Waals surface area contributed by atoms with Gasteiger partial charge >= 0.3 is 5.69 Å². The van der Waals surface area contributed by atoms with Gasteiger partial charge in [-0.3, -0.25) is 4.57 Å². The standard InChI is InChI=1S/C6H7N5O/c12-6-10-9-4-11(6)2-5-1-7-3-8-5/h1,3-4H,2H2,(H,7,8)(H,10,12). The van der Waals surface area contributed by atoms with Crippen LogP contribution in [0.2, 0.25) is 0 Å². The van der Waals surface area contributed by atoms with Crippen molar-refractivity contribution in [3.8, 4) is 0 Å². The second-order valence-corrected chi connectivity index (χ2v) is 2.37. The summed E-state index contributed by atoms with van der Waals surface area (Å²) in [5.74, 6) is 0. The number of nitrogens with one attached hydrogen (secondary N) is 2. The quantitative estimate of drug-likeness (QED) is 0.620. The number of nitrogens with zero attached hydrogens (tertiary/aromatic N) is 3. The van der Waals surface area contributed by atoms with E-state index in [2.05, 4.69) is 20.2 Å². The minimum atomic E-state index is -0.218. The highest BCUT2D eigenvalue weighted by atomic mass is 16.1. The van der Waals surface area contributed by atoms with E-state index >= 15 is 0 Å². The summed E-state index contributed by atoms with van der Waals surface area (Å²) in [5.41, 5.74) is 0.656. The van der Waals surface area contributed by atoms with E-state index < -0.39 is 0 Å². The van der Waals surface area contributed by atoms with E-state index in [1.54, 1.807) is 12.5 Å². The van der Waals surface area contributed by atoms with Gasteiger partial charge in [-0.15, -0.1) is 0 Å². The van der Waals surface area contributed by atoms with E-state index in [1.807, 2.05) is 0 Å². The zero-order valence-corrected chi connectivity index (χ0v) is 6.19. The fourth-order valence-corrected chi connectivity index (χ4v) is 0.938. The average molecular weight is 165 g/mol. The van der Waals surface area contributed by atoms with Gasteiger partial charge in [0.05, 0.1) is 18.6 Å². The Balaban J connectivity index is 2.25. The second-order valence-electron chi connectivity index (χ2n) is 2.37. The molecule has 0 saturated carbocycles. The molecule has 12 heavy (non-hydrogen) atoms. The summed E-state index contributed by atoms with van der Waals surface area (Å²) in [6, 6.07) is 0. The summed E-state index contributed by atoms with van der Waals surface area (Å²) in [5, 5.41) is 5.90. The molecule has 0 fully saturated rings. The predicted molar refractivity (Wildman–Crippen MR) is 40.5 cm³/mol. The Kier molecular flexibility index (Phi) is 1.51. The highest BCUT2D eigenvalue weighted by Crippen LogP contribution is 1.91. The van der Waals surface area contributed by atoms with Crippen LogP contribution in [0.1, 0.15) is 5.69 Å². The van der Waals surface area contributed by atoms with Crippen LogP contribution in [0.25, 0.3) is 0 Å². The van der Waals surface area contributed by atoms with Crippen molar-refractivity contribution in [1.29, 1.82) is 0 Å². The predicted octanol–water partition coefficient (Wildman–Crippen LogP) is -0.657. The van der Waals surface area contributed by atoms with Crippen LogP contribution in [0.4, 0.5) is 0 Å². The van der Waals surface area contributed by atoms with E-state index in [0.717, 1.165) is 5.69 Å². The Morgan fingerprint density at radius 3 is 3.08 bits per heavy atom. The van der Waals surface area contributed by atoms with Crippen LogP contribution in [0.3, 0.4) is 0 Å². The molecule has 6 nitrogen and oxygen atoms in total. The fourth-order valence-electron chi connectivity index (χ4n) is 0.938. The van der Waals surface area contributed by atoms with Crippen LogP contribution >= 0.6 is 0 Å². The molecule has 0 spiro atoms. The molecule has 0 bridgehead atoms. The van der Waals surface area contributed by atoms with E-state index in [9.17, 15) is 4.79 Å². The van der Waals surface area contributed by atoms with Crippen LogP contribution < -0.4 is 5.69 Å². The summed E-state index contributed by atoms with van der Waals surface area (Å²) in [6.45, 7) is 0.468. The molecule has 0 saturated heterocycles. The Morgan fingerprint density at radius 2 is 2.50 bits per heavy atom. The molecular weight excluding hydrogens is 158 g/mol. The zero-order chi connectivity index (χ0) is 8.39. The van der Waals surface area contributed by atoms with E-state index in [1.165, 1.54) is 10.9 Å². The Labute approximate surface area is 67.3 Å². The number of rotatable bonds is 2. The molecule has 0 aliphatic rings. The lowest BCUT2D eigenvalue weighted by atomic mass is 10.5. The molecule has 62 valence electrons. The topological polar surface area (TPSA) is 79.4 Å². The molecule has 0 radical (unpaired) electrons. The third kappa shape index (κ3) is 1.14. The lowest BCUT2D eigenvalue weighted by Gasteiger charge is -1.94. The summed E-state index contributed by atoms with van der Waals surface area (Å²) < 4.78 is 1.45. The maximum atomic E-state index is 11.0. The minimum Gasteiger partial charge on any atom is -0.347 e. The van der Waals surface area contributed by atoms with Gasteiger partial charge in [0.15, 0.2) is 0 Å². The van der Waals surface area contributed by atoms with Crippen LogP contribution in [0, 0.1) is 0 Å². The Hall–Kier alpha value is -1.85. The van der Waals surface area contributed by atoms with Crippen LogP contribution in [0.15, 0.2) is 23.6 Å². The number of imidazole rings is 1. The number of aromatic nitrogens is 5. The van der Waals surface area contributed by atoms with Gasteiger partial charge in [-0.25, -0.2) is 14.9 Å².